The molecule has 1 aromatic carbocycles. The Morgan fingerprint density at radius 1 is 1.25 bits per heavy atom. The summed E-state index contributed by atoms with van der Waals surface area (Å²) in [5, 5.41) is 9.08. The number of alkyl halides is 3. The van der Waals surface area contributed by atoms with Crippen LogP contribution in [0, 0.1) is 12.8 Å². The summed E-state index contributed by atoms with van der Waals surface area (Å²) in [7, 11) is 0. The molecule has 152 valence electrons. The predicted molar refractivity (Wildman–Crippen MR) is 92.3 cm³/mol. The van der Waals surface area contributed by atoms with Gasteiger partial charge in [-0.3, -0.25) is 14.4 Å². The van der Waals surface area contributed by atoms with E-state index < -0.39 is 23.6 Å². The van der Waals surface area contributed by atoms with Crippen LogP contribution < -0.4 is 0 Å². The van der Waals surface area contributed by atoms with Gasteiger partial charge in [-0.15, -0.1) is 0 Å². The molecule has 0 bridgehead atoms. The van der Waals surface area contributed by atoms with E-state index in [0.717, 1.165) is 12.1 Å². The number of aryl methyl sites for hydroxylation is 1. The van der Waals surface area contributed by atoms with Crippen molar-refractivity contribution < 1.29 is 32.7 Å². The lowest BCUT2D eigenvalue weighted by Crippen LogP contribution is -2.40. The van der Waals surface area contributed by atoms with Crippen LogP contribution in [0.4, 0.5) is 13.2 Å². The first-order chi connectivity index (χ1) is 13.1. The third-order valence-electron chi connectivity index (χ3n) is 5.48. The highest BCUT2D eigenvalue weighted by Gasteiger charge is 2.41. The Hall–Kier alpha value is -2.58. The van der Waals surface area contributed by atoms with E-state index in [9.17, 15) is 27.6 Å². The number of carboxylic acids is 1. The van der Waals surface area contributed by atoms with Crippen molar-refractivity contribution in [3.05, 3.63) is 34.9 Å². The molecule has 28 heavy (non-hydrogen) atoms. The summed E-state index contributed by atoms with van der Waals surface area (Å²) in [4.78, 5) is 38.8. The van der Waals surface area contributed by atoms with Gasteiger partial charge < -0.3 is 14.9 Å². The Morgan fingerprint density at radius 3 is 2.54 bits per heavy atom. The number of carboxylic acid groups (broad SMARTS) is 1. The van der Waals surface area contributed by atoms with Crippen LogP contribution in [0.2, 0.25) is 0 Å². The molecule has 9 heteroatoms. The average molecular weight is 398 g/mol. The van der Waals surface area contributed by atoms with Crippen molar-refractivity contribution in [2.45, 2.75) is 38.4 Å². The molecule has 1 N–H and O–H groups in total. The summed E-state index contributed by atoms with van der Waals surface area (Å²) in [6.45, 7) is 2.44. The van der Waals surface area contributed by atoms with Crippen molar-refractivity contribution in [1.82, 2.24) is 9.80 Å². The standard InChI is InChI=1S/C19H21F3N2O4/c1-11-6-14(19(20,21)22)3-2-12(11)7-16(25)23-5-4-15(10-23)24-9-13(18(27)28)8-17(24)26/h2-3,6,13,15H,4-5,7-10H2,1H3,(H,27,28). The number of aliphatic carboxylic acids is 1. The first kappa shape index (κ1) is 20.2. The summed E-state index contributed by atoms with van der Waals surface area (Å²) < 4.78 is 38.3. The molecule has 0 aliphatic carbocycles. The maximum absolute atomic E-state index is 12.8. The highest BCUT2D eigenvalue weighted by atomic mass is 19.4. The zero-order valence-electron chi connectivity index (χ0n) is 15.3. The van der Waals surface area contributed by atoms with E-state index in [1.807, 2.05) is 0 Å². The Labute approximate surface area is 159 Å². The lowest BCUT2D eigenvalue weighted by Gasteiger charge is -2.24. The minimum absolute atomic E-state index is 0.0115. The fraction of sp³-hybridized carbons (Fsp3) is 0.526. The monoisotopic (exact) mass is 398 g/mol. The van der Waals surface area contributed by atoms with Gasteiger partial charge in [0.1, 0.15) is 0 Å². The fourth-order valence-electron chi connectivity index (χ4n) is 3.82. The summed E-state index contributed by atoms with van der Waals surface area (Å²) in [6, 6.07) is 3.11. The van der Waals surface area contributed by atoms with Crippen molar-refractivity contribution in [1.29, 1.82) is 0 Å². The van der Waals surface area contributed by atoms with Gasteiger partial charge in [0.05, 0.1) is 23.9 Å². The van der Waals surface area contributed by atoms with Crippen LogP contribution in [-0.2, 0) is 27.0 Å². The van der Waals surface area contributed by atoms with E-state index >= 15 is 0 Å². The van der Waals surface area contributed by atoms with Gasteiger partial charge in [0.25, 0.3) is 0 Å². The molecule has 2 aliphatic heterocycles. The van der Waals surface area contributed by atoms with Crippen molar-refractivity contribution >= 4 is 17.8 Å². The molecule has 2 amide bonds. The third kappa shape index (κ3) is 4.13. The smallest absolute Gasteiger partial charge is 0.416 e. The second-order valence-electron chi connectivity index (χ2n) is 7.38. The lowest BCUT2D eigenvalue weighted by atomic mass is 10.0. The maximum atomic E-state index is 12.8. The highest BCUT2D eigenvalue weighted by Crippen LogP contribution is 2.31. The van der Waals surface area contributed by atoms with Crippen LogP contribution in [0.3, 0.4) is 0 Å². The molecule has 2 fully saturated rings. The number of carbonyl (C=O) groups excluding carboxylic acids is 2. The Bertz CT molecular complexity index is 809. The van der Waals surface area contributed by atoms with E-state index in [4.69, 9.17) is 5.11 Å². The van der Waals surface area contributed by atoms with Crippen molar-refractivity contribution in [3.8, 4) is 0 Å². The van der Waals surface area contributed by atoms with E-state index in [1.54, 1.807) is 11.8 Å². The summed E-state index contributed by atoms with van der Waals surface area (Å²) in [5.74, 6) is -2.15. The number of rotatable bonds is 4. The number of benzene rings is 1. The molecule has 2 atom stereocenters. The SMILES string of the molecule is Cc1cc(C(F)(F)F)ccc1CC(=O)N1CCC(N2CC(C(=O)O)CC2=O)C1. The van der Waals surface area contributed by atoms with Crippen molar-refractivity contribution in [2.24, 2.45) is 5.92 Å². The largest absolute Gasteiger partial charge is 0.481 e. The minimum Gasteiger partial charge on any atom is -0.481 e. The lowest BCUT2D eigenvalue weighted by molar-refractivity contribution is -0.141. The first-order valence-electron chi connectivity index (χ1n) is 9.03. The van der Waals surface area contributed by atoms with Crippen LogP contribution in [0.25, 0.3) is 0 Å². The number of likely N-dealkylation sites (tertiary alicyclic amines) is 2. The van der Waals surface area contributed by atoms with Crippen LogP contribution in [0.1, 0.15) is 29.5 Å². The second-order valence-corrected chi connectivity index (χ2v) is 7.38. The zero-order valence-corrected chi connectivity index (χ0v) is 15.3. The molecule has 0 saturated carbocycles. The normalized spacial score (nSPS) is 22.8. The van der Waals surface area contributed by atoms with Gasteiger partial charge in [-0.25, -0.2) is 0 Å². The molecule has 3 rings (SSSR count). The van der Waals surface area contributed by atoms with Gasteiger partial charge in [0, 0.05) is 26.1 Å². The number of carbonyl (C=O) groups is 3. The van der Waals surface area contributed by atoms with Crippen LogP contribution in [0.15, 0.2) is 18.2 Å². The zero-order chi connectivity index (χ0) is 20.6. The molecule has 2 aliphatic rings. The number of nitrogens with zero attached hydrogens (tertiary/aromatic N) is 2. The fourth-order valence-corrected chi connectivity index (χ4v) is 3.82. The Morgan fingerprint density at radius 2 is 1.96 bits per heavy atom. The van der Waals surface area contributed by atoms with Gasteiger partial charge in [0.2, 0.25) is 11.8 Å². The van der Waals surface area contributed by atoms with Gasteiger partial charge in [-0.1, -0.05) is 6.07 Å². The predicted octanol–water partition coefficient (Wildman–Crippen LogP) is 2.09. The molecule has 0 radical (unpaired) electrons. The molecule has 2 unspecified atom stereocenters. The van der Waals surface area contributed by atoms with Crippen molar-refractivity contribution in [2.75, 3.05) is 19.6 Å². The molecule has 1 aromatic rings. The average Bonchev–Trinajstić information content (AvgIpc) is 3.22. The molecule has 0 spiro atoms. The summed E-state index contributed by atoms with van der Waals surface area (Å²) in [6.07, 6.45) is -3.89. The first-order valence-corrected chi connectivity index (χ1v) is 9.03. The number of halogens is 3. The van der Waals surface area contributed by atoms with Crippen LogP contribution in [-0.4, -0.2) is 58.4 Å². The third-order valence-corrected chi connectivity index (χ3v) is 5.48. The number of hydrogen-bond donors (Lipinski definition) is 1. The molecule has 6 nitrogen and oxygen atoms in total. The van der Waals surface area contributed by atoms with Gasteiger partial charge in [0.15, 0.2) is 0 Å². The number of amides is 2. The van der Waals surface area contributed by atoms with Gasteiger partial charge in [-0.2, -0.15) is 13.2 Å². The van der Waals surface area contributed by atoms with Gasteiger partial charge in [-0.05, 0) is 36.6 Å². The topological polar surface area (TPSA) is 77.9 Å². The molecular weight excluding hydrogens is 377 g/mol. The maximum Gasteiger partial charge on any atom is 0.416 e. The Kier molecular flexibility index (Phi) is 5.36. The van der Waals surface area contributed by atoms with Gasteiger partial charge >= 0.3 is 12.1 Å². The molecular formula is C19H21F3N2O4. The summed E-state index contributed by atoms with van der Waals surface area (Å²) in [5.41, 5.74) is 0.186. The summed E-state index contributed by atoms with van der Waals surface area (Å²) >= 11 is 0. The second kappa shape index (κ2) is 7.44. The molecule has 2 saturated heterocycles. The van der Waals surface area contributed by atoms with Crippen LogP contribution >= 0.6 is 0 Å². The van der Waals surface area contributed by atoms with Crippen LogP contribution in [0.5, 0.6) is 0 Å². The minimum atomic E-state index is -4.43. The van der Waals surface area contributed by atoms with E-state index in [-0.39, 0.29) is 37.2 Å². The molecule has 0 aromatic heterocycles. The van der Waals surface area contributed by atoms with E-state index in [2.05, 4.69) is 0 Å². The highest BCUT2D eigenvalue weighted by molar-refractivity contribution is 5.86. The quantitative estimate of drug-likeness (QED) is 0.843. The van der Waals surface area contributed by atoms with E-state index in [1.165, 1.54) is 11.0 Å². The number of hydrogen-bond acceptors (Lipinski definition) is 3. The Balaban J connectivity index is 1.61. The van der Waals surface area contributed by atoms with E-state index in [0.29, 0.717) is 30.6 Å². The van der Waals surface area contributed by atoms with Crippen molar-refractivity contribution in [3.63, 3.8) is 0 Å². The molecule has 2 heterocycles.